The molecule has 5 nitrogen and oxygen atoms in total. The van der Waals surface area contributed by atoms with Crippen LogP contribution in [0, 0.1) is 0 Å². The van der Waals surface area contributed by atoms with Gasteiger partial charge in [0.1, 0.15) is 5.52 Å². The predicted molar refractivity (Wildman–Crippen MR) is 105 cm³/mol. The van der Waals surface area contributed by atoms with Gasteiger partial charge in [-0.05, 0) is 24.1 Å². The lowest BCUT2D eigenvalue weighted by molar-refractivity contribution is 0.104. The number of aromatic nitrogens is 3. The first-order chi connectivity index (χ1) is 12.7. The Balaban J connectivity index is 1.74. The van der Waals surface area contributed by atoms with Crippen LogP contribution >= 0.6 is 0 Å². The third-order valence-corrected chi connectivity index (χ3v) is 4.80. The molecule has 0 aliphatic heterocycles. The van der Waals surface area contributed by atoms with Crippen LogP contribution in [-0.2, 0) is 17.7 Å². The zero-order valence-corrected chi connectivity index (χ0v) is 15.0. The molecule has 2 aromatic heterocycles. The minimum absolute atomic E-state index is 0.0116. The summed E-state index contributed by atoms with van der Waals surface area (Å²) in [5.41, 5.74) is 10.1. The summed E-state index contributed by atoms with van der Waals surface area (Å²) in [7, 11) is 1.75. The fraction of sp³-hybridized carbons (Fsp3) is 0.238. The van der Waals surface area contributed by atoms with Crippen LogP contribution in [0.4, 0.5) is 5.82 Å². The Morgan fingerprint density at radius 1 is 1.12 bits per heavy atom. The topological polar surface area (TPSA) is 66.0 Å². The monoisotopic (exact) mass is 346 g/mol. The van der Waals surface area contributed by atoms with Crippen molar-refractivity contribution in [3.63, 3.8) is 0 Å². The maximum absolute atomic E-state index is 6.15. The summed E-state index contributed by atoms with van der Waals surface area (Å²) >= 11 is 0. The number of hydrogen-bond donors (Lipinski definition) is 1. The molecule has 0 amide bonds. The number of nitrogen functional groups attached to an aromatic ring is 1. The largest absolute Gasteiger partial charge is 0.382 e. The molecule has 0 radical (unpaired) electrons. The van der Waals surface area contributed by atoms with Crippen molar-refractivity contribution in [1.82, 2.24) is 14.8 Å². The highest BCUT2D eigenvalue weighted by Gasteiger charge is 2.14. The first kappa shape index (κ1) is 16.5. The van der Waals surface area contributed by atoms with E-state index < -0.39 is 0 Å². The standard InChI is InChI=1S/C21H22N4O/c1-3-25-13-17-16-10-9-14(11-18(16)23-21(22)20(17)24-25)12-19(26-2)15-7-5-4-6-8-15/h4-11,13,19H,3,12H2,1-2H3,(H2,22,23). The van der Waals surface area contributed by atoms with Gasteiger partial charge in [0, 0.05) is 37.0 Å². The molecular weight excluding hydrogens is 324 g/mol. The lowest BCUT2D eigenvalue weighted by Crippen LogP contribution is -2.05. The minimum Gasteiger partial charge on any atom is -0.382 e. The van der Waals surface area contributed by atoms with Crippen LogP contribution in [0.15, 0.2) is 54.7 Å². The molecule has 1 atom stereocenters. The number of ether oxygens (including phenoxy) is 1. The summed E-state index contributed by atoms with van der Waals surface area (Å²) in [6.07, 6.45) is 2.83. The smallest absolute Gasteiger partial charge is 0.152 e. The van der Waals surface area contributed by atoms with Crippen molar-refractivity contribution in [1.29, 1.82) is 0 Å². The van der Waals surface area contributed by atoms with Crippen molar-refractivity contribution in [2.45, 2.75) is 26.0 Å². The molecule has 132 valence electrons. The molecule has 0 saturated heterocycles. The molecule has 2 heterocycles. The van der Waals surface area contributed by atoms with E-state index in [-0.39, 0.29) is 6.10 Å². The van der Waals surface area contributed by atoms with Crippen molar-refractivity contribution >= 4 is 27.6 Å². The fourth-order valence-electron chi connectivity index (χ4n) is 3.40. The lowest BCUT2D eigenvalue weighted by Gasteiger charge is -2.16. The van der Waals surface area contributed by atoms with Gasteiger partial charge in [-0.1, -0.05) is 42.5 Å². The van der Waals surface area contributed by atoms with Crippen LogP contribution in [0.25, 0.3) is 21.8 Å². The fourth-order valence-corrected chi connectivity index (χ4v) is 3.40. The molecule has 0 bridgehead atoms. The first-order valence-corrected chi connectivity index (χ1v) is 8.82. The van der Waals surface area contributed by atoms with Crippen molar-refractivity contribution in [2.75, 3.05) is 12.8 Å². The highest BCUT2D eigenvalue weighted by molar-refractivity contribution is 6.08. The molecule has 1 unspecified atom stereocenters. The Morgan fingerprint density at radius 3 is 2.65 bits per heavy atom. The number of methoxy groups -OCH3 is 1. The van der Waals surface area contributed by atoms with Crippen molar-refractivity contribution in [3.05, 3.63) is 65.9 Å². The molecule has 0 fully saturated rings. The van der Waals surface area contributed by atoms with Crippen LogP contribution in [0.3, 0.4) is 0 Å². The van der Waals surface area contributed by atoms with Gasteiger partial charge < -0.3 is 10.5 Å². The van der Waals surface area contributed by atoms with E-state index in [2.05, 4.69) is 47.3 Å². The molecule has 4 rings (SSSR count). The third kappa shape index (κ3) is 2.91. The van der Waals surface area contributed by atoms with E-state index in [1.54, 1.807) is 7.11 Å². The number of rotatable bonds is 5. The number of nitrogens with zero attached hydrogens (tertiary/aromatic N) is 3. The predicted octanol–water partition coefficient (Wildman–Crippen LogP) is 4.12. The summed E-state index contributed by atoms with van der Waals surface area (Å²) < 4.78 is 7.60. The third-order valence-electron chi connectivity index (χ3n) is 4.80. The van der Waals surface area contributed by atoms with Gasteiger partial charge in [-0.3, -0.25) is 4.68 Å². The van der Waals surface area contributed by atoms with Gasteiger partial charge in [0.05, 0.1) is 11.6 Å². The van der Waals surface area contributed by atoms with Crippen molar-refractivity contribution in [2.24, 2.45) is 0 Å². The zero-order chi connectivity index (χ0) is 18.1. The summed E-state index contributed by atoms with van der Waals surface area (Å²) in [5.74, 6) is 0.475. The SMILES string of the molecule is CCn1cc2c(n1)c(N)nc1cc(CC(OC)c3ccccc3)ccc12. The van der Waals surface area contributed by atoms with Gasteiger partial charge in [-0.2, -0.15) is 5.10 Å². The zero-order valence-electron chi connectivity index (χ0n) is 15.0. The second kappa shape index (κ2) is 6.77. The summed E-state index contributed by atoms with van der Waals surface area (Å²) in [6.45, 7) is 2.87. The Morgan fingerprint density at radius 2 is 1.92 bits per heavy atom. The first-order valence-electron chi connectivity index (χ1n) is 8.82. The van der Waals surface area contributed by atoms with E-state index in [1.807, 2.05) is 29.1 Å². The lowest BCUT2D eigenvalue weighted by atomic mass is 9.99. The molecule has 2 N–H and O–H groups in total. The van der Waals surface area contributed by atoms with E-state index in [4.69, 9.17) is 10.5 Å². The van der Waals surface area contributed by atoms with Gasteiger partial charge >= 0.3 is 0 Å². The minimum atomic E-state index is 0.0116. The molecule has 0 spiro atoms. The number of pyridine rings is 1. The number of nitrogens with two attached hydrogens (primary N) is 1. The van der Waals surface area contributed by atoms with Gasteiger partial charge in [0.2, 0.25) is 0 Å². The van der Waals surface area contributed by atoms with Crippen LogP contribution in [0.1, 0.15) is 24.2 Å². The Labute approximate surface area is 152 Å². The quantitative estimate of drug-likeness (QED) is 0.590. The number of fused-ring (bicyclic) bond motifs is 3. The van der Waals surface area contributed by atoms with Crippen molar-refractivity contribution < 1.29 is 4.74 Å². The number of aryl methyl sites for hydroxylation is 1. The van der Waals surface area contributed by atoms with Crippen LogP contribution in [0.5, 0.6) is 0 Å². The van der Waals surface area contributed by atoms with Crippen LogP contribution in [0.2, 0.25) is 0 Å². The summed E-state index contributed by atoms with van der Waals surface area (Å²) in [6, 6.07) is 16.6. The van der Waals surface area contributed by atoms with E-state index >= 15 is 0 Å². The number of anilines is 1. The molecular formula is C21H22N4O. The van der Waals surface area contributed by atoms with Crippen molar-refractivity contribution in [3.8, 4) is 0 Å². The normalized spacial score (nSPS) is 12.7. The van der Waals surface area contributed by atoms with E-state index in [0.717, 1.165) is 34.8 Å². The molecule has 0 aliphatic carbocycles. The Kier molecular flexibility index (Phi) is 4.31. The molecule has 26 heavy (non-hydrogen) atoms. The number of benzene rings is 2. The van der Waals surface area contributed by atoms with Gasteiger partial charge in [0.25, 0.3) is 0 Å². The van der Waals surface area contributed by atoms with E-state index in [9.17, 15) is 0 Å². The maximum atomic E-state index is 6.15. The highest BCUT2D eigenvalue weighted by atomic mass is 16.5. The van der Waals surface area contributed by atoms with E-state index in [0.29, 0.717) is 5.82 Å². The maximum Gasteiger partial charge on any atom is 0.152 e. The average Bonchev–Trinajstić information content (AvgIpc) is 3.12. The second-order valence-corrected chi connectivity index (χ2v) is 6.43. The van der Waals surface area contributed by atoms with Gasteiger partial charge in [0.15, 0.2) is 5.82 Å². The average molecular weight is 346 g/mol. The Bertz CT molecular complexity index is 1060. The van der Waals surface area contributed by atoms with Crippen LogP contribution in [-0.4, -0.2) is 21.9 Å². The summed E-state index contributed by atoms with van der Waals surface area (Å²) in [5, 5.41) is 6.64. The van der Waals surface area contributed by atoms with Crippen LogP contribution < -0.4 is 5.73 Å². The number of hydrogen-bond acceptors (Lipinski definition) is 4. The molecule has 2 aromatic carbocycles. The van der Waals surface area contributed by atoms with E-state index in [1.165, 1.54) is 11.1 Å². The summed E-state index contributed by atoms with van der Waals surface area (Å²) in [4.78, 5) is 4.58. The second-order valence-electron chi connectivity index (χ2n) is 6.43. The highest BCUT2D eigenvalue weighted by Crippen LogP contribution is 2.29. The van der Waals surface area contributed by atoms with Gasteiger partial charge in [-0.25, -0.2) is 4.98 Å². The molecule has 5 heteroatoms. The van der Waals surface area contributed by atoms with Gasteiger partial charge in [-0.15, -0.1) is 0 Å². The molecule has 4 aromatic rings. The Hall–Kier alpha value is -2.92. The molecule has 0 aliphatic rings. The molecule has 0 saturated carbocycles.